The molecule has 1 heterocycles. The van der Waals surface area contributed by atoms with Gasteiger partial charge in [0.1, 0.15) is 17.7 Å². The molecule has 0 aromatic heterocycles. The van der Waals surface area contributed by atoms with Crippen LogP contribution in [0.25, 0.3) is 0 Å². The van der Waals surface area contributed by atoms with Crippen molar-refractivity contribution >= 4 is 0 Å². The van der Waals surface area contributed by atoms with Crippen LogP contribution in [-0.4, -0.2) is 0 Å². The van der Waals surface area contributed by atoms with Crippen LogP contribution in [0.3, 0.4) is 0 Å². The first-order valence-electron chi connectivity index (χ1n) is 6.84. The minimum Gasteiger partial charge on any atom is -0.485 e. The van der Waals surface area contributed by atoms with E-state index in [4.69, 9.17) is 10.5 Å². The summed E-state index contributed by atoms with van der Waals surface area (Å²) in [4.78, 5) is 0. The summed E-state index contributed by atoms with van der Waals surface area (Å²) in [6.07, 6.45) is 0.603. The van der Waals surface area contributed by atoms with Gasteiger partial charge in [0, 0.05) is 18.0 Å². The maximum atomic E-state index is 13.3. The van der Waals surface area contributed by atoms with E-state index in [0.717, 1.165) is 5.56 Å². The van der Waals surface area contributed by atoms with Gasteiger partial charge in [-0.25, -0.2) is 4.39 Å². The molecule has 0 saturated heterocycles. The molecule has 0 bridgehead atoms. The minimum atomic E-state index is -0.270. The van der Waals surface area contributed by atoms with Crippen LogP contribution in [0.15, 0.2) is 36.4 Å². The fraction of sp³-hybridized carbons (Fsp3) is 0.294. The molecule has 1 aliphatic heterocycles. The standard InChI is InChI=1S/C17H18FNO/c1-10-4-3-5-11(2)17(10)16-9-14(19)13-8-12(18)6-7-15(13)20-16/h3-8,14,16H,9,19H2,1-2H3. The molecule has 0 aliphatic carbocycles. The number of fused-ring (bicyclic) bond motifs is 1. The smallest absolute Gasteiger partial charge is 0.126 e. The molecular formula is C17H18FNO. The van der Waals surface area contributed by atoms with E-state index in [1.807, 2.05) is 6.07 Å². The van der Waals surface area contributed by atoms with Crippen LogP contribution in [0, 0.1) is 19.7 Å². The Morgan fingerprint density at radius 1 is 1.15 bits per heavy atom. The molecule has 0 amide bonds. The van der Waals surface area contributed by atoms with Gasteiger partial charge in [0.25, 0.3) is 0 Å². The predicted octanol–water partition coefficient (Wildman–Crippen LogP) is 3.97. The van der Waals surface area contributed by atoms with E-state index in [9.17, 15) is 4.39 Å². The number of hydrogen-bond acceptors (Lipinski definition) is 2. The van der Waals surface area contributed by atoms with Crippen LogP contribution in [0.4, 0.5) is 4.39 Å². The molecule has 0 fully saturated rings. The first-order valence-corrected chi connectivity index (χ1v) is 6.84. The van der Waals surface area contributed by atoms with Crippen LogP contribution in [0.2, 0.25) is 0 Å². The zero-order valence-electron chi connectivity index (χ0n) is 11.7. The normalized spacial score (nSPS) is 21.2. The fourth-order valence-electron chi connectivity index (χ4n) is 2.99. The molecule has 20 heavy (non-hydrogen) atoms. The molecule has 0 spiro atoms. The Kier molecular flexibility index (Phi) is 3.22. The highest BCUT2D eigenvalue weighted by Crippen LogP contribution is 2.41. The van der Waals surface area contributed by atoms with E-state index in [0.29, 0.717) is 12.2 Å². The lowest BCUT2D eigenvalue weighted by Crippen LogP contribution is -2.25. The Balaban J connectivity index is 2.01. The van der Waals surface area contributed by atoms with Crippen LogP contribution in [0.5, 0.6) is 5.75 Å². The van der Waals surface area contributed by atoms with Crippen molar-refractivity contribution in [1.29, 1.82) is 0 Å². The summed E-state index contributed by atoms with van der Waals surface area (Å²) in [5.41, 5.74) is 10.5. The zero-order chi connectivity index (χ0) is 14.3. The van der Waals surface area contributed by atoms with Crippen molar-refractivity contribution in [3.8, 4) is 5.75 Å². The zero-order valence-corrected chi connectivity index (χ0v) is 11.7. The maximum Gasteiger partial charge on any atom is 0.126 e. The first-order chi connectivity index (χ1) is 9.56. The molecule has 2 N–H and O–H groups in total. The topological polar surface area (TPSA) is 35.2 Å². The third-order valence-electron chi connectivity index (χ3n) is 3.97. The van der Waals surface area contributed by atoms with E-state index in [1.54, 1.807) is 6.07 Å². The molecule has 3 rings (SSSR count). The van der Waals surface area contributed by atoms with Gasteiger partial charge in [-0.2, -0.15) is 0 Å². The maximum absolute atomic E-state index is 13.3. The highest BCUT2D eigenvalue weighted by molar-refractivity contribution is 5.42. The number of ether oxygens (including phenoxy) is 1. The second-order valence-corrected chi connectivity index (χ2v) is 5.44. The van der Waals surface area contributed by atoms with Gasteiger partial charge < -0.3 is 10.5 Å². The summed E-state index contributed by atoms with van der Waals surface area (Å²) in [7, 11) is 0. The van der Waals surface area contributed by atoms with Gasteiger partial charge >= 0.3 is 0 Å². The van der Waals surface area contributed by atoms with Crippen molar-refractivity contribution in [3.63, 3.8) is 0 Å². The van der Waals surface area contributed by atoms with E-state index in [1.165, 1.54) is 28.8 Å². The summed E-state index contributed by atoms with van der Waals surface area (Å²) < 4.78 is 19.4. The van der Waals surface area contributed by atoms with Crippen molar-refractivity contribution < 1.29 is 9.13 Å². The van der Waals surface area contributed by atoms with Crippen LogP contribution in [0.1, 0.15) is 40.8 Å². The number of hydrogen-bond donors (Lipinski definition) is 1. The average molecular weight is 271 g/mol. The van der Waals surface area contributed by atoms with Crippen molar-refractivity contribution in [2.24, 2.45) is 5.73 Å². The SMILES string of the molecule is Cc1cccc(C)c1C1CC(N)c2cc(F)ccc2O1. The number of aryl methyl sites for hydroxylation is 2. The molecule has 2 unspecified atom stereocenters. The summed E-state index contributed by atoms with van der Waals surface area (Å²) >= 11 is 0. The van der Waals surface area contributed by atoms with Crippen molar-refractivity contribution in [2.45, 2.75) is 32.4 Å². The second kappa shape index (κ2) is 4.91. The van der Waals surface area contributed by atoms with E-state index >= 15 is 0 Å². The lowest BCUT2D eigenvalue weighted by Gasteiger charge is -2.32. The Bertz CT molecular complexity index is 633. The third-order valence-corrected chi connectivity index (χ3v) is 3.97. The van der Waals surface area contributed by atoms with Crippen LogP contribution >= 0.6 is 0 Å². The van der Waals surface area contributed by atoms with Gasteiger partial charge in [-0.15, -0.1) is 0 Å². The van der Waals surface area contributed by atoms with Gasteiger partial charge in [-0.1, -0.05) is 18.2 Å². The quantitative estimate of drug-likeness (QED) is 0.852. The summed E-state index contributed by atoms with van der Waals surface area (Å²) in [5, 5.41) is 0. The number of rotatable bonds is 1. The molecule has 3 heteroatoms. The third kappa shape index (κ3) is 2.18. The molecule has 1 aliphatic rings. The van der Waals surface area contributed by atoms with Crippen LogP contribution < -0.4 is 10.5 Å². The van der Waals surface area contributed by atoms with Gasteiger partial charge in [-0.3, -0.25) is 0 Å². The molecule has 2 nitrogen and oxygen atoms in total. The van der Waals surface area contributed by atoms with Crippen LogP contribution in [-0.2, 0) is 0 Å². The van der Waals surface area contributed by atoms with E-state index in [-0.39, 0.29) is 18.0 Å². The highest BCUT2D eigenvalue weighted by atomic mass is 19.1. The number of nitrogens with two attached hydrogens (primary N) is 1. The van der Waals surface area contributed by atoms with E-state index in [2.05, 4.69) is 26.0 Å². The average Bonchev–Trinajstić information content (AvgIpc) is 2.39. The van der Waals surface area contributed by atoms with Crippen molar-refractivity contribution in [2.75, 3.05) is 0 Å². The highest BCUT2D eigenvalue weighted by Gasteiger charge is 2.29. The lowest BCUT2D eigenvalue weighted by molar-refractivity contribution is 0.160. The Morgan fingerprint density at radius 2 is 1.85 bits per heavy atom. The fourth-order valence-corrected chi connectivity index (χ4v) is 2.99. The minimum absolute atomic E-state index is 0.0656. The number of benzene rings is 2. The molecule has 2 aromatic rings. The number of halogens is 1. The Hall–Kier alpha value is -1.87. The van der Waals surface area contributed by atoms with E-state index < -0.39 is 0 Å². The Morgan fingerprint density at radius 3 is 2.55 bits per heavy atom. The molecule has 2 atom stereocenters. The van der Waals surface area contributed by atoms with Gasteiger partial charge in [0.2, 0.25) is 0 Å². The lowest BCUT2D eigenvalue weighted by atomic mass is 9.89. The second-order valence-electron chi connectivity index (χ2n) is 5.44. The van der Waals surface area contributed by atoms with Crippen molar-refractivity contribution in [3.05, 3.63) is 64.5 Å². The molecule has 2 aromatic carbocycles. The summed E-state index contributed by atoms with van der Waals surface area (Å²) in [6, 6.07) is 10.6. The molecule has 0 saturated carbocycles. The van der Waals surface area contributed by atoms with Crippen molar-refractivity contribution in [1.82, 2.24) is 0 Å². The summed E-state index contributed by atoms with van der Waals surface area (Å²) in [5.74, 6) is 0.422. The van der Waals surface area contributed by atoms with Gasteiger partial charge in [0.05, 0.1) is 0 Å². The largest absolute Gasteiger partial charge is 0.485 e. The monoisotopic (exact) mass is 271 g/mol. The molecule has 104 valence electrons. The van der Waals surface area contributed by atoms with Gasteiger partial charge in [-0.05, 0) is 48.7 Å². The van der Waals surface area contributed by atoms with Gasteiger partial charge in [0.15, 0.2) is 0 Å². The Labute approximate surface area is 118 Å². The summed E-state index contributed by atoms with van der Waals surface area (Å²) in [6.45, 7) is 4.16. The molecule has 0 radical (unpaired) electrons. The molecular weight excluding hydrogens is 253 g/mol. The first kappa shape index (κ1) is 13.1. The predicted molar refractivity (Wildman–Crippen MR) is 77.2 cm³/mol.